The van der Waals surface area contributed by atoms with Gasteiger partial charge in [0.15, 0.2) is 0 Å². The summed E-state index contributed by atoms with van der Waals surface area (Å²) in [6.07, 6.45) is 0. The number of hydrogen-bond acceptors (Lipinski definition) is 5. The van der Waals surface area contributed by atoms with Gasteiger partial charge in [0.05, 0.1) is 6.61 Å². The maximum absolute atomic E-state index is 13.6. The van der Waals surface area contributed by atoms with Crippen molar-refractivity contribution in [3.05, 3.63) is 48.0 Å². The van der Waals surface area contributed by atoms with Gasteiger partial charge in [0, 0.05) is 36.9 Å². The number of anilines is 2. The number of ether oxygens (including phenoxy) is 1. The fraction of sp³-hybridized carbons (Fsp3) is 0.391. The summed E-state index contributed by atoms with van der Waals surface area (Å²) in [6, 6.07) is 8.11. The lowest BCUT2D eigenvalue weighted by Crippen LogP contribution is -2.46. The van der Waals surface area contributed by atoms with E-state index in [4.69, 9.17) is 4.74 Å². The van der Waals surface area contributed by atoms with E-state index in [1.165, 1.54) is 43.3 Å². The van der Waals surface area contributed by atoms with E-state index in [1.54, 1.807) is 20.8 Å². The van der Waals surface area contributed by atoms with Crippen molar-refractivity contribution in [2.75, 3.05) is 16.6 Å². The quantitative estimate of drug-likeness (QED) is 0.457. The summed E-state index contributed by atoms with van der Waals surface area (Å²) in [5.41, 5.74) is -0.111. The first-order valence-electron chi connectivity index (χ1n) is 10.6. The fourth-order valence-electron chi connectivity index (χ4n) is 3.12. The maximum Gasteiger partial charge on any atom is 0.270 e. The maximum atomic E-state index is 13.6. The van der Waals surface area contributed by atoms with Gasteiger partial charge in [-0.2, -0.15) is 0 Å². The molecule has 3 N–H and O–H groups in total. The van der Waals surface area contributed by atoms with Crippen LogP contribution in [0.15, 0.2) is 47.4 Å². The summed E-state index contributed by atoms with van der Waals surface area (Å²) in [4.78, 5) is 23.8. The minimum Gasteiger partial charge on any atom is -0.492 e. The topological polar surface area (TPSA) is 114 Å². The van der Waals surface area contributed by atoms with Crippen molar-refractivity contribution in [3.63, 3.8) is 0 Å². The number of halogens is 2. The number of benzene rings is 2. The predicted octanol–water partition coefficient (Wildman–Crippen LogP) is 4.10. The van der Waals surface area contributed by atoms with E-state index >= 15 is 0 Å². The fourth-order valence-corrected chi connectivity index (χ4v) is 4.29. The van der Waals surface area contributed by atoms with Crippen molar-refractivity contribution in [2.45, 2.75) is 51.5 Å². The summed E-state index contributed by atoms with van der Waals surface area (Å²) in [7, 11) is -4.21. The number of sulfonamides is 1. The molecule has 1 atom stereocenters. The molecule has 0 saturated heterocycles. The van der Waals surface area contributed by atoms with E-state index in [9.17, 15) is 26.8 Å². The second-order valence-corrected chi connectivity index (χ2v) is 9.73. The second kappa shape index (κ2) is 10.8. The van der Waals surface area contributed by atoms with Crippen LogP contribution in [0.5, 0.6) is 5.75 Å². The van der Waals surface area contributed by atoms with Crippen LogP contribution in [-0.2, 0) is 25.5 Å². The molecular weight excluding hydrogens is 468 g/mol. The standard InChI is InChI=1S/C23H29F2N3O5S/c1-6-33-19-13-17(27-22(30)21(14(2)3)26-15(4)29)10-11-20(19)34(31,32)28-18-9-7-8-16(12-18)23(5,24)25/h7-14,21,28H,6H2,1-5H3,(H,26,29)(H,27,30)/t21-/m0/s1. The van der Waals surface area contributed by atoms with Crippen LogP contribution in [0.1, 0.15) is 40.2 Å². The molecule has 34 heavy (non-hydrogen) atoms. The summed E-state index contributed by atoms with van der Waals surface area (Å²) >= 11 is 0. The zero-order valence-electron chi connectivity index (χ0n) is 19.6. The van der Waals surface area contributed by atoms with Crippen LogP contribution in [0.4, 0.5) is 20.2 Å². The number of hydrogen-bond donors (Lipinski definition) is 3. The molecule has 8 nitrogen and oxygen atoms in total. The smallest absolute Gasteiger partial charge is 0.270 e. The second-order valence-electron chi connectivity index (χ2n) is 8.08. The van der Waals surface area contributed by atoms with Crippen LogP contribution in [0, 0.1) is 5.92 Å². The Balaban J connectivity index is 2.34. The molecule has 0 fully saturated rings. The Morgan fingerprint density at radius 1 is 1.09 bits per heavy atom. The Labute approximate surface area is 198 Å². The van der Waals surface area contributed by atoms with Crippen LogP contribution < -0.4 is 20.1 Å². The largest absolute Gasteiger partial charge is 0.492 e. The Morgan fingerprint density at radius 3 is 2.32 bits per heavy atom. The average molecular weight is 498 g/mol. The highest BCUT2D eigenvalue weighted by atomic mass is 32.2. The zero-order valence-corrected chi connectivity index (χ0v) is 20.4. The van der Waals surface area contributed by atoms with Gasteiger partial charge in [0.1, 0.15) is 16.7 Å². The van der Waals surface area contributed by atoms with Crippen molar-refractivity contribution in [3.8, 4) is 5.75 Å². The minimum absolute atomic E-state index is 0.0334. The predicted molar refractivity (Wildman–Crippen MR) is 126 cm³/mol. The van der Waals surface area contributed by atoms with Crippen molar-refractivity contribution in [1.82, 2.24) is 5.32 Å². The molecule has 11 heteroatoms. The monoisotopic (exact) mass is 497 g/mol. The van der Waals surface area contributed by atoms with E-state index in [-0.39, 0.29) is 46.0 Å². The molecular formula is C23H29F2N3O5S. The van der Waals surface area contributed by atoms with Gasteiger partial charge < -0.3 is 15.4 Å². The van der Waals surface area contributed by atoms with E-state index in [2.05, 4.69) is 15.4 Å². The SMILES string of the molecule is CCOc1cc(NC(=O)[C@@H](NC(C)=O)C(C)C)ccc1S(=O)(=O)Nc1cccc(C(C)(F)F)c1. The third kappa shape index (κ3) is 7.14. The van der Waals surface area contributed by atoms with Gasteiger partial charge in [-0.1, -0.05) is 26.0 Å². The molecule has 186 valence electrons. The molecule has 0 aliphatic heterocycles. The highest BCUT2D eigenvalue weighted by Gasteiger charge is 2.27. The molecule has 0 bridgehead atoms. The van der Waals surface area contributed by atoms with Gasteiger partial charge in [-0.15, -0.1) is 0 Å². The molecule has 0 unspecified atom stereocenters. The lowest BCUT2D eigenvalue weighted by atomic mass is 10.0. The molecule has 0 saturated carbocycles. The Morgan fingerprint density at radius 2 is 1.76 bits per heavy atom. The first-order chi connectivity index (χ1) is 15.7. The molecule has 0 spiro atoms. The van der Waals surface area contributed by atoms with Crippen LogP contribution >= 0.6 is 0 Å². The number of nitrogens with one attached hydrogen (secondary N) is 3. The molecule has 0 aromatic heterocycles. The van der Waals surface area contributed by atoms with E-state index in [0.717, 1.165) is 13.0 Å². The van der Waals surface area contributed by atoms with Crippen LogP contribution in [0.25, 0.3) is 0 Å². The summed E-state index contributed by atoms with van der Waals surface area (Å²) in [6.45, 7) is 7.37. The number of amides is 2. The van der Waals surface area contributed by atoms with Gasteiger partial charge in [0.2, 0.25) is 11.8 Å². The van der Waals surface area contributed by atoms with Gasteiger partial charge in [-0.25, -0.2) is 17.2 Å². The summed E-state index contributed by atoms with van der Waals surface area (Å²) < 4.78 is 61.0. The van der Waals surface area contributed by atoms with Crippen molar-refractivity contribution >= 4 is 33.2 Å². The normalized spacial score (nSPS) is 12.7. The number of carbonyl (C=O) groups excluding carboxylic acids is 2. The third-order valence-electron chi connectivity index (χ3n) is 4.73. The zero-order chi connectivity index (χ0) is 25.7. The van der Waals surface area contributed by atoms with Gasteiger partial charge >= 0.3 is 0 Å². The van der Waals surface area contributed by atoms with Gasteiger partial charge in [0.25, 0.3) is 15.9 Å². The summed E-state index contributed by atoms with van der Waals surface area (Å²) in [5, 5.41) is 5.22. The molecule has 0 aliphatic rings. The van der Waals surface area contributed by atoms with Gasteiger partial charge in [-0.05, 0) is 37.1 Å². The van der Waals surface area contributed by atoms with Crippen molar-refractivity contribution < 1.29 is 31.5 Å². The first-order valence-corrected chi connectivity index (χ1v) is 12.1. The highest BCUT2D eigenvalue weighted by molar-refractivity contribution is 7.92. The lowest BCUT2D eigenvalue weighted by Gasteiger charge is -2.21. The molecule has 2 aromatic rings. The molecule has 2 rings (SSSR count). The first kappa shape index (κ1) is 27.0. The van der Waals surface area contributed by atoms with Crippen molar-refractivity contribution in [2.24, 2.45) is 5.92 Å². The Hall–Kier alpha value is -3.21. The molecule has 0 heterocycles. The summed E-state index contributed by atoms with van der Waals surface area (Å²) in [5.74, 6) is -4.20. The molecule has 2 aromatic carbocycles. The van der Waals surface area contributed by atoms with E-state index in [1.807, 2.05) is 0 Å². The van der Waals surface area contributed by atoms with Gasteiger partial charge in [-0.3, -0.25) is 14.3 Å². The Kier molecular flexibility index (Phi) is 8.60. The number of alkyl halides is 2. The third-order valence-corrected chi connectivity index (χ3v) is 6.15. The average Bonchev–Trinajstić information content (AvgIpc) is 2.71. The van der Waals surface area contributed by atoms with E-state index in [0.29, 0.717) is 0 Å². The molecule has 0 aliphatic carbocycles. The molecule has 0 radical (unpaired) electrons. The molecule has 2 amide bonds. The van der Waals surface area contributed by atoms with Crippen LogP contribution in [0.2, 0.25) is 0 Å². The lowest BCUT2D eigenvalue weighted by molar-refractivity contribution is -0.126. The highest BCUT2D eigenvalue weighted by Crippen LogP contribution is 2.32. The van der Waals surface area contributed by atoms with Crippen LogP contribution in [0.3, 0.4) is 0 Å². The Bertz CT molecular complexity index is 1150. The number of rotatable bonds is 10. The minimum atomic E-state index is -4.21. The van der Waals surface area contributed by atoms with Crippen molar-refractivity contribution in [1.29, 1.82) is 0 Å². The number of carbonyl (C=O) groups is 2. The van der Waals surface area contributed by atoms with E-state index < -0.39 is 27.9 Å². The van der Waals surface area contributed by atoms with Crippen LogP contribution in [-0.4, -0.2) is 32.9 Å².